The Balaban J connectivity index is 1.98. The highest BCUT2D eigenvalue weighted by Crippen LogP contribution is 2.29. The molecular weight excluding hydrogens is 363 g/mol. The molecule has 0 aliphatic rings. The van der Waals surface area contributed by atoms with Crippen molar-refractivity contribution in [3.8, 4) is 0 Å². The molecule has 0 radical (unpaired) electrons. The van der Waals surface area contributed by atoms with Crippen LogP contribution in [0, 0.1) is 0 Å². The Bertz CT molecular complexity index is 680. The summed E-state index contributed by atoms with van der Waals surface area (Å²) in [6, 6.07) is 4.98. The highest BCUT2D eigenvalue weighted by Gasteiger charge is 2.20. The Morgan fingerprint density at radius 3 is 2.68 bits per heavy atom. The van der Waals surface area contributed by atoms with Crippen molar-refractivity contribution >= 4 is 57.3 Å². The van der Waals surface area contributed by atoms with Gasteiger partial charge in [-0.1, -0.05) is 52.4 Å². The van der Waals surface area contributed by atoms with Gasteiger partial charge in [-0.25, -0.2) is 0 Å². The molecule has 0 saturated heterocycles. The van der Waals surface area contributed by atoms with Crippen molar-refractivity contribution in [3.63, 3.8) is 0 Å². The Hall–Kier alpha value is -1.02. The van der Waals surface area contributed by atoms with Crippen LogP contribution in [-0.2, 0) is 4.79 Å². The number of benzene rings is 1. The van der Waals surface area contributed by atoms with Gasteiger partial charge in [0.25, 0.3) is 0 Å². The predicted molar refractivity (Wildman–Crippen MR) is 92.7 cm³/mol. The molecule has 0 aliphatic heterocycles. The smallest absolute Gasteiger partial charge is 0.233 e. The Labute approximate surface area is 146 Å². The third-order valence-corrected chi connectivity index (χ3v) is 5.36. The van der Waals surface area contributed by atoms with Crippen LogP contribution in [0.4, 0.5) is 5.13 Å². The van der Waals surface area contributed by atoms with Gasteiger partial charge in [-0.3, -0.25) is 4.79 Å². The van der Waals surface area contributed by atoms with Gasteiger partial charge < -0.3 is 11.1 Å². The van der Waals surface area contributed by atoms with Gasteiger partial charge in [0.05, 0.1) is 11.3 Å². The van der Waals surface area contributed by atoms with E-state index in [1.54, 1.807) is 25.1 Å². The number of halogens is 2. The zero-order valence-corrected chi connectivity index (χ0v) is 15.0. The van der Waals surface area contributed by atoms with Gasteiger partial charge in [0, 0.05) is 10.0 Å². The van der Waals surface area contributed by atoms with Crippen LogP contribution in [-0.4, -0.2) is 21.4 Å². The lowest BCUT2D eigenvalue weighted by Crippen LogP contribution is -2.33. The topological polar surface area (TPSA) is 80.9 Å². The molecule has 0 aliphatic carbocycles. The molecule has 22 heavy (non-hydrogen) atoms. The average molecular weight is 377 g/mol. The summed E-state index contributed by atoms with van der Waals surface area (Å²) < 4.78 is 0.664. The van der Waals surface area contributed by atoms with E-state index in [4.69, 9.17) is 28.9 Å². The van der Waals surface area contributed by atoms with Gasteiger partial charge in [0.2, 0.25) is 11.0 Å². The van der Waals surface area contributed by atoms with Gasteiger partial charge in [0.15, 0.2) is 4.34 Å². The number of nitrogen functional groups attached to an aromatic ring is 1. The second kappa shape index (κ2) is 7.50. The minimum atomic E-state index is -0.319. The van der Waals surface area contributed by atoms with E-state index in [-0.39, 0.29) is 17.2 Å². The first-order valence-corrected chi connectivity index (χ1v) is 8.83. The lowest BCUT2D eigenvalue weighted by atomic mass is 10.1. The van der Waals surface area contributed by atoms with Crippen LogP contribution in [0.3, 0.4) is 0 Å². The van der Waals surface area contributed by atoms with Crippen LogP contribution in [0.5, 0.6) is 0 Å². The van der Waals surface area contributed by atoms with Crippen LogP contribution >= 0.6 is 46.3 Å². The Kier molecular flexibility index (Phi) is 5.91. The van der Waals surface area contributed by atoms with E-state index in [9.17, 15) is 4.79 Å². The van der Waals surface area contributed by atoms with Crippen molar-refractivity contribution in [2.45, 2.75) is 29.5 Å². The largest absolute Gasteiger partial charge is 0.374 e. The molecule has 1 heterocycles. The van der Waals surface area contributed by atoms with Gasteiger partial charge in [-0.05, 0) is 31.5 Å². The maximum Gasteiger partial charge on any atom is 0.233 e. The number of amides is 1. The summed E-state index contributed by atoms with van der Waals surface area (Å²) in [5.74, 6) is -0.114. The monoisotopic (exact) mass is 376 g/mol. The van der Waals surface area contributed by atoms with Crippen molar-refractivity contribution in [2.75, 3.05) is 5.73 Å². The first-order chi connectivity index (χ1) is 10.4. The lowest BCUT2D eigenvalue weighted by molar-refractivity contribution is -0.120. The van der Waals surface area contributed by atoms with Crippen LogP contribution in [0.2, 0.25) is 10.0 Å². The fourth-order valence-corrected chi connectivity index (χ4v) is 4.10. The number of nitrogens with one attached hydrogen (secondary N) is 1. The number of thioether (sulfide) groups is 1. The molecule has 0 unspecified atom stereocenters. The number of nitrogens with two attached hydrogens (primary N) is 1. The molecule has 0 fully saturated rings. The third-order valence-electron chi connectivity index (χ3n) is 2.86. The first-order valence-electron chi connectivity index (χ1n) is 6.37. The number of carbonyl (C=O) groups is 1. The number of hydrogen-bond donors (Lipinski definition) is 2. The van der Waals surface area contributed by atoms with Gasteiger partial charge >= 0.3 is 0 Å². The maximum atomic E-state index is 12.2. The molecule has 0 bridgehead atoms. The van der Waals surface area contributed by atoms with Gasteiger partial charge in [0.1, 0.15) is 0 Å². The minimum Gasteiger partial charge on any atom is -0.374 e. The third kappa shape index (κ3) is 4.49. The zero-order chi connectivity index (χ0) is 16.3. The minimum absolute atomic E-state index is 0.114. The predicted octanol–water partition coefficient (Wildman–Crippen LogP) is 3.79. The summed E-state index contributed by atoms with van der Waals surface area (Å²) in [6.07, 6.45) is 0. The standard InChI is InChI=1S/C13H14Cl2N4OS2/c1-6(9-4-3-8(14)5-10(9)15)17-11(20)7(2)21-13-19-18-12(16)22-13/h3-7H,1-2H3,(H2,16,18)(H,17,20)/t6-,7-/m0/s1. The maximum absolute atomic E-state index is 12.2. The van der Waals surface area contributed by atoms with Crippen LogP contribution in [0.1, 0.15) is 25.5 Å². The summed E-state index contributed by atoms with van der Waals surface area (Å²) in [5.41, 5.74) is 6.34. The number of nitrogens with zero attached hydrogens (tertiary/aromatic N) is 2. The van der Waals surface area contributed by atoms with E-state index in [0.29, 0.717) is 19.5 Å². The highest BCUT2D eigenvalue weighted by atomic mass is 35.5. The molecule has 1 aromatic carbocycles. The van der Waals surface area contributed by atoms with E-state index in [1.165, 1.54) is 23.1 Å². The highest BCUT2D eigenvalue weighted by molar-refractivity contribution is 8.02. The van der Waals surface area contributed by atoms with E-state index >= 15 is 0 Å². The second-order valence-corrected chi connectivity index (χ2v) is 8.00. The molecule has 0 spiro atoms. The molecule has 1 amide bonds. The number of anilines is 1. The molecular formula is C13H14Cl2N4OS2. The summed E-state index contributed by atoms with van der Waals surface area (Å²) >= 11 is 14.6. The fraction of sp³-hybridized carbons (Fsp3) is 0.308. The molecule has 2 rings (SSSR count). The van der Waals surface area contributed by atoms with E-state index in [2.05, 4.69) is 15.5 Å². The van der Waals surface area contributed by atoms with E-state index in [0.717, 1.165) is 5.56 Å². The molecule has 5 nitrogen and oxygen atoms in total. The molecule has 9 heteroatoms. The molecule has 2 atom stereocenters. The fourth-order valence-electron chi connectivity index (χ4n) is 1.73. The number of aromatic nitrogens is 2. The number of hydrogen-bond acceptors (Lipinski definition) is 6. The van der Waals surface area contributed by atoms with Gasteiger partial charge in [-0.2, -0.15) is 0 Å². The molecule has 0 saturated carbocycles. The zero-order valence-electron chi connectivity index (χ0n) is 11.8. The normalized spacial score (nSPS) is 13.6. The lowest BCUT2D eigenvalue weighted by Gasteiger charge is -2.18. The van der Waals surface area contributed by atoms with E-state index < -0.39 is 0 Å². The van der Waals surface area contributed by atoms with Crippen LogP contribution in [0.25, 0.3) is 0 Å². The summed E-state index contributed by atoms with van der Waals surface area (Å²) in [7, 11) is 0. The summed E-state index contributed by atoms with van der Waals surface area (Å²) in [6.45, 7) is 3.67. The average Bonchev–Trinajstić information content (AvgIpc) is 2.83. The summed E-state index contributed by atoms with van der Waals surface area (Å²) in [5, 5.41) is 11.7. The van der Waals surface area contributed by atoms with E-state index in [1.807, 2.05) is 6.92 Å². The number of carbonyl (C=O) groups excluding carboxylic acids is 1. The quantitative estimate of drug-likeness (QED) is 0.775. The van der Waals surface area contributed by atoms with Crippen molar-refractivity contribution in [1.82, 2.24) is 15.5 Å². The Morgan fingerprint density at radius 1 is 1.36 bits per heavy atom. The van der Waals surface area contributed by atoms with Crippen molar-refractivity contribution in [2.24, 2.45) is 0 Å². The SMILES string of the molecule is C[C@H](Sc1nnc(N)s1)C(=O)N[C@@H](C)c1ccc(Cl)cc1Cl. The van der Waals surface area contributed by atoms with Crippen LogP contribution < -0.4 is 11.1 Å². The molecule has 3 N–H and O–H groups in total. The number of rotatable bonds is 5. The van der Waals surface area contributed by atoms with Crippen molar-refractivity contribution < 1.29 is 4.79 Å². The van der Waals surface area contributed by atoms with Crippen LogP contribution in [0.15, 0.2) is 22.5 Å². The first kappa shape index (κ1) is 17.3. The Morgan fingerprint density at radius 2 is 2.09 bits per heavy atom. The van der Waals surface area contributed by atoms with Crippen molar-refractivity contribution in [1.29, 1.82) is 0 Å². The molecule has 118 valence electrons. The second-order valence-electron chi connectivity index (χ2n) is 4.56. The van der Waals surface area contributed by atoms with Gasteiger partial charge in [-0.15, -0.1) is 10.2 Å². The van der Waals surface area contributed by atoms with Crippen molar-refractivity contribution in [3.05, 3.63) is 33.8 Å². The summed E-state index contributed by atoms with van der Waals surface area (Å²) in [4.78, 5) is 12.2. The molecule has 2 aromatic rings. The molecule has 1 aromatic heterocycles.